The Hall–Kier alpha value is -1.07. The summed E-state index contributed by atoms with van der Waals surface area (Å²) in [6.07, 6.45) is 3.29. The van der Waals surface area contributed by atoms with Crippen LogP contribution in [0.15, 0.2) is 27.7 Å². The van der Waals surface area contributed by atoms with E-state index in [1.807, 2.05) is 6.92 Å². The molecule has 0 radical (unpaired) electrons. The molecule has 0 aromatic carbocycles. The summed E-state index contributed by atoms with van der Waals surface area (Å²) in [6, 6.07) is 3.59. The van der Waals surface area contributed by atoms with Crippen LogP contribution < -0.4 is 0 Å². The van der Waals surface area contributed by atoms with Crippen LogP contribution in [0.3, 0.4) is 0 Å². The molecule has 1 aromatic heterocycles. The monoisotopic (exact) mass is 239 g/mol. The molecule has 1 aromatic rings. The summed E-state index contributed by atoms with van der Waals surface area (Å²) in [6.45, 7) is 2.51. The first-order valence-electron chi connectivity index (χ1n) is 4.51. The summed E-state index contributed by atoms with van der Waals surface area (Å²) in [7, 11) is 0. The summed E-state index contributed by atoms with van der Waals surface area (Å²) in [5.41, 5.74) is 0. The number of rotatable bonds is 2. The summed E-state index contributed by atoms with van der Waals surface area (Å²) in [5.74, 6) is 0.635. The van der Waals surface area contributed by atoms with Crippen LogP contribution in [0.25, 0.3) is 6.08 Å². The minimum Gasteiger partial charge on any atom is -0.465 e. The normalized spacial score (nSPS) is 19.3. The van der Waals surface area contributed by atoms with Crippen molar-refractivity contribution in [3.63, 3.8) is 0 Å². The molecule has 1 aliphatic heterocycles. The first-order valence-corrected chi connectivity index (χ1v) is 5.73. The number of carbonyl (C=O) groups excluding carboxylic acids is 1. The fourth-order valence-corrected chi connectivity index (χ4v) is 2.64. The van der Waals surface area contributed by atoms with Gasteiger partial charge in [0.2, 0.25) is 0 Å². The third kappa shape index (κ3) is 1.98. The van der Waals surface area contributed by atoms with Crippen molar-refractivity contribution in [2.24, 2.45) is 0 Å². The van der Waals surface area contributed by atoms with Crippen LogP contribution >= 0.6 is 24.0 Å². The smallest absolute Gasteiger partial charge is 0.266 e. The molecule has 78 valence electrons. The van der Waals surface area contributed by atoms with Crippen molar-refractivity contribution in [2.45, 2.75) is 6.92 Å². The zero-order chi connectivity index (χ0) is 10.8. The van der Waals surface area contributed by atoms with Crippen LogP contribution in [0.2, 0.25) is 0 Å². The summed E-state index contributed by atoms with van der Waals surface area (Å²) in [4.78, 5) is 14.0. The molecule has 1 aliphatic rings. The molecule has 0 aliphatic carbocycles. The van der Waals surface area contributed by atoms with Gasteiger partial charge in [-0.25, -0.2) is 0 Å². The zero-order valence-corrected chi connectivity index (χ0v) is 9.73. The highest BCUT2D eigenvalue weighted by Crippen LogP contribution is 2.32. The molecule has 3 nitrogen and oxygen atoms in total. The number of amides is 1. The fraction of sp³-hybridized carbons (Fsp3) is 0.200. The van der Waals surface area contributed by atoms with Crippen molar-refractivity contribution < 1.29 is 9.21 Å². The number of thiocarbonyl (C=S) groups is 1. The van der Waals surface area contributed by atoms with E-state index in [1.54, 1.807) is 29.4 Å². The molecule has 1 amide bonds. The molecule has 0 unspecified atom stereocenters. The van der Waals surface area contributed by atoms with Crippen LogP contribution in [0, 0.1) is 0 Å². The van der Waals surface area contributed by atoms with Gasteiger partial charge in [0, 0.05) is 12.6 Å². The predicted octanol–water partition coefficient (Wildman–Crippen LogP) is 2.50. The second-order valence-electron chi connectivity index (χ2n) is 2.94. The molecular weight excluding hydrogens is 230 g/mol. The van der Waals surface area contributed by atoms with Crippen LogP contribution in [-0.2, 0) is 4.79 Å². The molecule has 0 spiro atoms. The molecule has 2 rings (SSSR count). The minimum atomic E-state index is -0.0381. The van der Waals surface area contributed by atoms with E-state index in [9.17, 15) is 4.79 Å². The lowest BCUT2D eigenvalue weighted by atomic mass is 10.3. The average molecular weight is 239 g/mol. The second-order valence-corrected chi connectivity index (χ2v) is 4.62. The minimum absolute atomic E-state index is 0.0381. The Bertz CT molecular complexity index is 423. The van der Waals surface area contributed by atoms with E-state index in [-0.39, 0.29) is 5.91 Å². The third-order valence-corrected chi connectivity index (χ3v) is 3.38. The highest BCUT2D eigenvalue weighted by atomic mass is 32.2. The van der Waals surface area contributed by atoms with E-state index in [0.717, 1.165) is 0 Å². The number of hydrogen-bond donors (Lipinski definition) is 0. The molecule has 2 heterocycles. The Balaban J connectivity index is 2.26. The van der Waals surface area contributed by atoms with Crippen molar-refractivity contribution in [3.8, 4) is 0 Å². The zero-order valence-electron chi connectivity index (χ0n) is 8.10. The molecule has 0 saturated carbocycles. The summed E-state index contributed by atoms with van der Waals surface area (Å²) >= 11 is 6.40. The van der Waals surface area contributed by atoms with Gasteiger partial charge in [0.1, 0.15) is 10.1 Å². The van der Waals surface area contributed by atoms with Gasteiger partial charge in [-0.3, -0.25) is 9.69 Å². The largest absolute Gasteiger partial charge is 0.465 e. The van der Waals surface area contributed by atoms with Crippen LogP contribution in [0.1, 0.15) is 12.7 Å². The molecule has 0 atom stereocenters. The van der Waals surface area contributed by atoms with Gasteiger partial charge in [0.05, 0.1) is 11.2 Å². The van der Waals surface area contributed by atoms with Gasteiger partial charge >= 0.3 is 0 Å². The molecule has 1 fully saturated rings. The van der Waals surface area contributed by atoms with Crippen molar-refractivity contribution in [1.29, 1.82) is 0 Å². The van der Waals surface area contributed by atoms with Gasteiger partial charge in [0.25, 0.3) is 5.91 Å². The van der Waals surface area contributed by atoms with Gasteiger partial charge in [-0.15, -0.1) is 0 Å². The Labute approximate surface area is 97.1 Å². The quantitative estimate of drug-likeness (QED) is 0.586. The van der Waals surface area contributed by atoms with Gasteiger partial charge < -0.3 is 4.42 Å². The van der Waals surface area contributed by atoms with Crippen molar-refractivity contribution in [3.05, 3.63) is 29.1 Å². The Morgan fingerprint density at radius 3 is 3.00 bits per heavy atom. The van der Waals surface area contributed by atoms with E-state index in [2.05, 4.69) is 0 Å². The Kier molecular flexibility index (Phi) is 2.93. The maximum Gasteiger partial charge on any atom is 0.266 e. The van der Waals surface area contributed by atoms with Gasteiger partial charge in [-0.2, -0.15) is 0 Å². The number of likely N-dealkylation sites (N-methyl/N-ethyl adjacent to an activating group) is 1. The molecule has 15 heavy (non-hydrogen) atoms. The predicted molar refractivity (Wildman–Crippen MR) is 64.3 cm³/mol. The first kappa shape index (κ1) is 10.4. The standard InChI is InChI=1S/C10H9NO2S2/c1-2-11-9(12)8(15-10(11)14)6-7-4-3-5-13-7/h3-6H,2H2,1H3/b8-6-. The molecule has 0 N–H and O–H groups in total. The summed E-state index contributed by atoms with van der Waals surface area (Å²) in [5, 5.41) is 0. The lowest BCUT2D eigenvalue weighted by Gasteiger charge is -2.09. The molecular formula is C10H9NO2S2. The van der Waals surface area contributed by atoms with E-state index < -0.39 is 0 Å². The number of thioether (sulfide) groups is 1. The number of furan rings is 1. The third-order valence-electron chi connectivity index (χ3n) is 2.01. The fourth-order valence-electron chi connectivity index (χ4n) is 1.28. The Morgan fingerprint density at radius 2 is 2.47 bits per heavy atom. The molecule has 5 heteroatoms. The van der Waals surface area contributed by atoms with Crippen molar-refractivity contribution >= 4 is 40.3 Å². The maximum atomic E-state index is 11.8. The topological polar surface area (TPSA) is 33.5 Å². The van der Waals surface area contributed by atoms with Crippen LogP contribution in [0.4, 0.5) is 0 Å². The maximum absolute atomic E-state index is 11.8. The average Bonchev–Trinajstić information content (AvgIpc) is 2.78. The van der Waals surface area contributed by atoms with Crippen LogP contribution in [0.5, 0.6) is 0 Å². The molecule has 1 saturated heterocycles. The lowest BCUT2D eigenvalue weighted by molar-refractivity contribution is -0.121. The lowest BCUT2D eigenvalue weighted by Crippen LogP contribution is -2.27. The number of carbonyl (C=O) groups is 1. The molecule has 0 bridgehead atoms. The van der Waals surface area contributed by atoms with E-state index >= 15 is 0 Å². The second kappa shape index (κ2) is 4.20. The number of nitrogens with zero attached hydrogens (tertiary/aromatic N) is 1. The van der Waals surface area contributed by atoms with E-state index in [0.29, 0.717) is 21.5 Å². The number of hydrogen-bond acceptors (Lipinski definition) is 4. The van der Waals surface area contributed by atoms with Crippen LogP contribution in [-0.4, -0.2) is 21.7 Å². The van der Waals surface area contributed by atoms with Gasteiger partial charge in [0.15, 0.2) is 0 Å². The Morgan fingerprint density at radius 1 is 1.67 bits per heavy atom. The van der Waals surface area contributed by atoms with E-state index in [1.165, 1.54) is 11.8 Å². The van der Waals surface area contributed by atoms with Crippen molar-refractivity contribution in [1.82, 2.24) is 4.90 Å². The van der Waals surface area contributed by atoms with E-state index in [4.69, 9.17) is 16.6 Å². The first-order chi connectivity index (χ1) is 7.22. The summed E-state index contributed by atoms with van der Waals surface area (Å²) < 4.78 is 5.76. The highest BCUT2D eigenvalue weighted by Gasteiger charge is 2.30. The SMILES string of the molecule is CCN1C(=O)/C(=C/c2ccco2)SC1=S. The highest BCUT2D eigenvalue weighted by molar-refractivity contribution is 8.26. The van der Waals surface area contributed by atoms with Gasteiger partial charge in [-0.05, 0) is 19.1 Å². The van der Waals surface area contributed by atoms with Crippen molar-refractivity contribution in [2.75, 3.05) is 6.54 Å². The van der Waals surface area contributed by atoms with Gasteiger partial charge in [-0.1, -0.05) is 24.0 Å².